The van der Waals surface area contributed by atoms with Crippen LogP contribution in [0.25, 0.3) is 0 Å². The normalized spacial score (nSPS) is 11.8. The van der Waals surface area contributed by atoms with E-state index in [4.69, 9.17) is 9.47 Å². The monoisotopic (exact) mass is 308 g/mol. The Morgan fingerprint density at radius 3 is 1.55 bits per heavy atom. The molecule has 124 valence electrons. The largest absolute Gasteiger partial charge is 0.469 e. The summed E-state index contributed by atoms with van der Waals surface area (Å²) in [5.41, 5.74) is 1.54. The number of carbonyl (C=O) groups is 2. The van der Waals surface area contributed by atoms with Gasteiger partial charge in [-0.1, -0.05) is 34.9 Å². The third-order valence-corrected chi connectivity index (χ3v) is 3.06. The SMILES string of the molecule is COC(=O)C(C=C(C)C)C(C=C(C)C)(C=C(C)C)C(=O)OC. The molecule has 0 aromatic carbocycles. The smallest absolute Gasteiger partial charge is 0.320 e. The summed E-state index contributed by atoms with van der Waals surface area (Å²) in [6, 6.07) is 0. The van der Waals surface area contributed by atoms with Crippen molar-refractivity contribution >= 4 is 11.9 Å². The van der Waals surface area contributed by atoms with E-state index in [0.717, 1.165) is 16.7 Å². The zero-order valence-corrected chi connectivity index (χ0v) is 14.9. The molecule has 0 spiro atoms. The first kappa shape index (κ1) is 20.2. The van der Waals surface area contributed by atoms with Gasteiger partial charge in [0.1, 0.15) is 5.41 Å². The minimum atomic E-state index is -1.21. The van der Waals surface area contributed by atoms with E-state index >= 15 is 0 Å². The zero-order chi connectivity index (χ0) is 17.5. The number of methoxy groups -OCH3 is 2. The minimum Gasteiger partial charge on any atom is -0.469 e. The van der Waals surface area contributed by atoms with Gasteiger partial charge in [-0.3, -0.25) is 9.59 Å². The lowest BCUT2D eigenvalue weighted by atomic mass is 9.72. The van der Waals surface area contributed by atoms with Crippen molar-refractivity contribution in [3.8, 4) is 0 Å². The van der Waals surface area contributed by atoms with Crippen molar-refractivity contribution in [3.63, 3.8) is 0 Å². The van der Waals surface area contributed by atoms with Gasteiger partial charge in [-0.2, -0.15) is 0 Å². The van der Waals surface area contributed by atoms with Crippen LogP contribution in [0, 0.1) is 11.3 Å². The second-order valence-electron chi connectivity index (χ2n) is 6.11. The maximum Gasteiger partial charge on any atom is 0.320 e. The van der Waals surface area contributed by atoms with E-state index in [0.29, 0.717) is 0 Å². The maximum atomic E-state index is 12.6. The fourth-order valence-electron chi connectivity index (χ4n) is 2.46. The summed E-state index contributed by atoms with van der Waals surface area (Å²) >= 11 is 0. The molecular weight excluding hydrogens is 280 g/mol. The molecule has 0 heterocycles. The van der Waals surface area contributed by atoms with Crippen molar-refractivity contribution in [3.05, 3.63) is 34.9 Å². The molecule has 0 rings (SSSR count). The molecule has 0 bridgehead atoms. The quantitative estimate of drug-likeness (QED) is 0.552. The zero-order valence-electron chi connectivity index (χ0n) is 14.9. The highest BCUT2D eigenvalue weighted by atomic mass is 16.5. The molecule has 4 heteroatoms. The molecule has 0 aliphatic carbocycles. The van der Waals surface area contributed by atoms with Crippen molar-refractivity contribution < 1.29 is 19.1 Å². The molecule has 0 fully saturated rings. The van der Waals surface area contributed by atoms with E-state index in [1.54, 1.807) is 18.2 Å². The topological polar surface area (TPSA) is 52.6 Å². The molecule has 0 aromatic heterocycles. The molecular formula is C18H28O4. The number of allylic oxidation sites excluding steroid dienone is 3. The summed E-state index contributed by atoms with van der Waals surface area (Å²) < 4.78 is 9.94. The second kappa shape index (κ2) is 8.57. The summed E-state index contributed by atoms with van der Waals surface area (Å²) in [5, 5.41) is 0. The average molecular weight is 308 g/mol. The third-order valence-electron chi connectivity index (χ3n) is 3.06. The summed E-state index contributed by atoms with van der Waals surface area (Å²) in [6.45, 7) is 11.3. The molecule has 22 heavy (non-hydrogen) atoms. The van der Waals surface area contributed by atoms with Crippen LogP contribution in [0.1, 0.15) is 41.5 Å². The lowest BCUT2D eigenvalue weighted by molar-refractivity contribution is -0.157. The lowest BCUT2D eigenvalue weighted by Crippen LogP contribution is -2.41. The van der Waals surface area contributed by atoms with Gasteiger partial charge >= 0.3 is 11.9 Å². The Labute approximate surface area is 133 Å². The maximum absolute atomic E-state index is 12.6. The summed E-state index contributed by atoms with van der Waals surface area (Å²) in [6.07, 6.45) is 5.29. The van der Waals surface area contributed by atoms with E-state index in [1.165, 1.54) is 14.2 Å². The molecule has 1 unspecified atom stereocenters. The van der Waals surface area contributed by atoms with Gasteiger partial charge in [-0.05, 0) is 41.5 Å². The van der Waals surface area contributed by atoms with Crippen LogP contribution in [-0.2, 0) is 19.1 Å². The number of carbonyl (C=O) groups excluding carboxylic acids is 2. The van der Waals surface area contributed by atoms with E-state index in [2.05, 4.69) is 0 Å². The Kier molecular flexibility index (Phi) is 7.85. The van der Waals surface area contributed by atoms with Crippen LogP contribution < -0.4 is 0 Å². The molecule has 1 atom stereocenters. The van der Waals surface area contributed by atoms with Gasteiger partial charge < -0.3 is 9.47 Å². The molecule has 0 radical (unpaired) electrons. The van der Waals surface area contributed by atoms with Crippen LogP contribution in [0.3, 0.4) is 0 Å². The first-order valence-corrected chi connectivity index (χ1v) is 7.24. The minimum absolute atomic E-state index is 0.471. The second-order valence-corrected chi connectivity index (χ2v) is 6.11. The Bertz CT molecular complexity index is 479. The fraction of sp³-hybridized carbons (Fsp3) is 0.556. The van der Waals surface area contributed by atoms with E-state index < -0.39 is 23.3 Å². The van der Waals surface area contributed by atoms with Crippen LogP contribution in [0.15, 0.2) is 34.9 Å². The van der Waals surface area contributed by atoms with Gasteiger partial charge in [-0.25, -0.2) is 0 Å². The Morgan fingerprint density at radius 2 is 1.27 bits per heavy atom. The van der Waals surface area contributed by atoms with E-state index in [-0.39, 0.29) is 0 Å². The standard InChI is InChI=1S/C18H28O4/c1-12(2)9-15(16(19)21-7)18(10-13(3)4,11-14(5)6)17(20)22-8/h9-11,15H,1-8H3. The summed E-state index contributed by atoms with van der Waals surface area (Å²) in [5.74, 6) is -1.73. The van der Waals surface area contributed by atoms with Crippen molar-refractivity contribution in [2.24, 2.45) is 11.3 Å². The van der Waals surface area contributed by atoms with Gasteiger partial charge in [-0.15, -0.1) is 0 Å². The first-order chi connectivity index (χ1) is 10.1. The Balaban J connectivity index is 6.59. The average Bonchev–Trinajstić information content (AvgIpc) is 2.40. The molecule has 0 saturated carbocycles. The van der Waals surface area contributed by atoms with Crippen LogP contribution in [-0.4, -0.2) is 26.2 Å². The first-order valence-electron chi connectivity index (χ1n) is 7.24. The van der Waals surface area contributed by atoms with E-state index in [9.17, 15) is 9.59 Å². The molecule has 4 nitrogen and oxygen atoms in total. The van der Waals surface area contributed by atoms with Gasteiger partial charge in [0, 0.05) is 0 Å². The number of esters is 2. The Morgan fingerprint density at radius 1 is 0.818 bits per heavy atom. The molecule has 0 saturated heterocycles. The number of ether oxygens (including phenoxy) is 2. The number of rotatable bonds is 6. The van der Waals surface area contributed by atoms with Gasteiger partial charge in [0.05, 0.1) is 20.1 Å². The van der Waals surface area contributed by atoms with Crippen LogP contribution in [0.4, 0.5) is 0 Å². The molecule has 0 aromatic rings. The molecule has 0 N–H and O–H groups in total. The van der Waals surface area contributed by atoms with Crippen molar-refractivity contribution in [2.75, 3.05) is 14.2 Å². The van der Waals surface area contributed by atoms with Crippen LogP contribution in [0.2, 0.25) is 0 Å². The van der Waals surface area contributed by atoms with Gasteiger partial charge in [0.25, 0.3) is 0 Å². The third kappa shape index (κ3) is 5.17. The van der Waals surface area contributed by atoms with Gasteiger partial charge in [0.15, 0.2) is 0 Å². The lowest BCUT2D eigenvalue weighted by Gasteiger charge is -2.31. The van der Waals surface area contributed by atoms with Crippen molar-refractivity contribution in [1.82, 2.24) is 0 Å². The Hall–Kier alpha value is -1.84. The summed E-state index contributed by atoms with van der Waals surface area (Å²) in [7, 11) is 2.65. The van der Waals surface area contributed by atoms with Crippen LogP contribution >= 0.6 is 0 Å². The van der Waals surface area contributed by atoms with Crippen molar-refractivity contribution in [1.29, 1.82) is 0 Å². The highest BCUT2D eigenvalue weighted by molar-refractivity contribution is 5.90. The van der Waals surface area contributed by atoms with Crippen LogP contribution in [0.5, 0.6) is 0 Å². The number of hydrogen-bond donors (Lipinski definition) is 0. The summed E-state index contributed by atoms with van der Waals surface area (Å²) in [4.78, 5) is 24.9. The highest BCUT2D eigenvalue weighted by Gasteiger charge is 2.46. The predicted molar refractivity (Wildman–Crippen MR) is 88.2 cm³/mol. The molecule has 0 aliphatic heterocycles. The molecule has 0 aliphatic rings. The fourth-order valence-corrected chi connectivity index (χ4v) is 2.46. The number of hydrogen-bond acceptors (Lipinski definition) is 4. The van der Waals surface area contributed by atoms with Crippen molar-refractivity contribution in [2.45, 2.75) is 41.5 Å². The van der Waals surface area contributed by atoms with E-state index in [1.807, 2.05) is 41.5 Å². The predicted octanol–water partition coefficient (Wildman–Crippen LogP) is 3.83. The van der Waals surface area contributed by atoms with Gasteiger partial charge in [0.2, 0.25) is 0 Å². The highest BCUT2D eigenvalue weighted by Crippen LogP contribution is 2.38. The molecule has 0 amide bonds.